The van der Waals surface area contributed by atoms with Crippen molar-refractivity contribution in [2.75, 3.05) is 0 Å². The number of ether oxygens (including phenoxy) is 2. The Morgan fingerprint density at radius 3 is 2.44 bits per heavy atom. The lowest BCUT2D eigenvalue weighted by Gasteiger charge is -2.22. The Bertz CT molecular complexity index is 663. The van der Waals surface area contributed by atoms with E-state index in [2.05, 4.69) is 15.3 Å². The monoisotopic (exact) mass is 348 g/mol. The molecule has 134 valence electrons. The number of rotatable bonds is 6. The molecule has 0 saturated heterocycles. The van der Waals surface area contributed by atoms with Gasteiger partial charge < -0.3 is 14.8 Å². The molecule has 1 N–H and O–H groups in total. The zero-order valence-electron chi connectivity index (χ0n) is 14.3. The van der Waals surface area contributed by atoms with Crippen LogP contribution in [0.3, 0.4) is 0 Å². The van der Waals surface area contributed by atoms with Crippen molar-refractivity contribution in [1.82, 2.24) is 5.32 Å². The quantitative estimate of drug-likeness (QED) is 0.365. The fourth-order valence-electron chi connectivity index (χ4n) is 1.73. The van der Waals surface area contributed by atoms with E-state index in [1.54, 1.807) is 45.0 Å². The largest absolute Gasteiger partial charge is 0.461 e. The Morgan fingerprint density at radius 2 is 1.88 bits per heavy atom. The standard InChI is InChI=1S/C16H20N4O5/c1-16(2,3)25-15(23)18-12(14(22)19-20-17)9-13(21)24-10-11-7-5-4-6-8-11/h4-8,12H,9-10H2,1-3H3,(H,18,23)/t12-/m0/s1. The first-order valence-corrected chi connectivity index (χ1v) is 7.49. The van der Waals surface area contributed by atoms with Crippen LogP contribution in [0.4, 0.5) is 4.79 Å². The summed E-state index contributed by atoms with van der Waals surface area (Å²) in [6, 6.07) is 7.59. The molecule has 1 aromatic rings. The van der Waals surface area contributed by atoms with Crippen molar-refractivity contribution in [3.05, 3.63) is 46.3 Å². The van der Waals surface area contributed by atoms with Gasteiger partial charge >= 0.3 is 12.1 Å². The number of carbonyl (C=O) groups excluding carboxylic acids is 3. The van der Waals surface area contributed by atoms with Crippen molar-refractivity contribution in [1.29, 1.82) is 0 Å². The highest BCUT2D eigenvalue weighted by Gasteiger charge is 2.26. The summed E-state index contributed by atoms with van der Waals surface area (Å²) in [7, 11) is 0. The van der Waals surface area contributed by atoms with E-state index < -0.39 is 36.0 Å². The molecule has 0 radical (unpaired) electrons. The van der Waals surface area contributed by atoms with E-state index >= 15 is 0 Å². The van der Waals surface area contributed by atoms with E-state index in [4.69, 9.17) is 15.0 Å². The summed E-state index contributed by atoms with van der Waals surface area (Å²) in [4.78, 5) is 37.8. The average Bonchev–Trinajstić information content (AvgIpc) is 2.51. The van der Waals surface area contributed by atoms with Gasteiger partial charge in [0, 0.05) is 4.91 Å². The minimum absolute atomic E-state index is 0.0224. The predicted molar refractivity (Wildman–Crippen MR) is 88.2 cm³/mol. The van der Waals surface area contributed by atoms with Gasteiger partial charge in [0.2, 0.25) is 5.91 Å². The smallest absolute Gasteiger partial charge is 0.408 e. The third-order valence-corrected chi connectivity index (χ3v) is 2.75. The minimum Gasteiger partial charge on any atom is -0.461 e. The number of hydrogen-bond donors (Lipinski definition) is 1. The molecule has 2 amide bonds. The summed E-state index contributed by atoms with van der Waals surface area (Å²) >= 11 is 0. The molecule has 1 rings (SSSR count). The first-order chi connectivity index (χ1) is 11.7. The second kappa shape index (κ2) is 9.29. The number of benzene rings is 1. The van der Waals surface area contributed by atoms with Crippen LogP contribution in [0.5, 0.6) is 0 Å². The minimum atomic E-state index is -1.37. The molecule has 0 fully saturated rings. The van der Waals surface area contributed by atoms with Crippen LogP contribution in [0.25, 0.3) is 10.4 Å². The molecule has 0 saturated carbocycles. The van der Waals surface area contributed by atoms with Crippen LogP contribution >= 0.6 is 0 Å². The van der Waals surface area contributed by atoms with Crippen LogP contribution in [0.15, 0.2) is 35.4 Å². The van der Waals surface area contributed by atoms with Gasteiger partial charge in [-0.25, -0.2) is 4.79 Å². The molecule has 0 aliphatic carbocycles. The van der Waals surface area contributed by atoms with Gasteiger partial charge in [-0.2, -0.15) is 0 Å². The Labute approximate surface area is 144 Å². The van der Waals surface area contributed by atoms with E-state index in [9.17, 15) is 14.4 Å². The number of alkyl carbamates (subject to hydrolysis) is 1. The molecule has 0 aliphatic heterocycles. The third kappa shape index (κ3) is 8.38. The molecule has 0 unspecified atom stereocenters. The molecule has 25 heavy (non-hydrogen) atoms. The highest BCUT2D eigenvalue weighted by atomic mass is 16.6. The second-order valence-electron chi connectivity index (χ2n) is 6.08. The fraction of sp³-hybridized carbons (Fsp3) is 0.438. The molecular formula is C16H20N4O5. The van der Waals surface area contributed by atoms with Crippen molar-refractivity contribution < 1.29 is 23.9 Å². The summed E-state index contributed by atoms with van der Waals surface area (Å²) < 4.78 is 10.1. The Balaban J connectivity index is 2.66. The molecule has 9 nitrogen and oxygen atoms in total. The van der Waals surface area contributed by atoms with Crippen molar-refractivity contribution in [3.63, 3.8) is 0 Å². The van der Waals surface area contributed by atoms with Crippen molar-refractivity contribution in [2.24, 2.45) is 5.11 Å². The highest BCUT2D eigenvalue weighted by Crippen LogP contribution is 2.09. The van der Waals surface area contributed by atoms with Gasteiger partial charge in [-0.05, 0) is 37.0 Å². The van der Waals surface area contributed by atoms with Crippen molar-refractivity contribution in [3.8, 4) is 0 Å². The molecule has 9 heteroatoms. The molecule has 0 aliphatic rings. The van der Waals surface area contributed by atoms with Crippen LogP contribution in [0.2, 0.25) is 0 Å². The normalized spacial score (nSPS) is 11.6. The van der Waals surface area contributed by atoms with Gasteiger partial charge in [0.25, 0.3) is 0 Å². The zero-order chi connectivity index (χ0) is 18.9. The summed E-state index contributed by atoms with van der Waals surface area (Å²) in [6.07, 6.45) is -1.39. The molecule has 0 bridgehead atoms. The van der Waals surface area contributed by atoms with E-state index in [-0.39, 0.29) is 6.61 Å². The lowest BCUT2D eigenvalue weighted by Crippen LogP contribution is -2.44. The van der Waals surface area contributed by atoms with Gasteiger partial charge in [0.15, 0.2) is 0 Å². The van der Waals surface area contributed by atoms with Crippen LogP contribution in [-0.2, 0) is 25.7 Å². The van der Waals surface area contributed by atoms with Gasteiger partial charge in [-0.1, -0.05) is 30.3 Å². The lowest BCUT2D eigenvalue weighted by atomic mass is 10.2. The zero-order valence-corrected chi connectivity index (χ0v) is 14.3. The van der Waals surface area contributed by atoms with Gasteiger partial charge in [-0.15, -0.1) is 0 Å². The summed E-state index contributed by atoms with van der Waals surface area (Å²) in [5.41, 5.74) is 8.35. The maximum Gasteiger partial charge on any atom is 0.408 e. The van der Waals surface area contributed by atoms with E-state index in [1.165, 1.54) is 0 Å². The van der Waals surface area contributed by atoms with Crippen LogP contribution in [0.1, 0.15) is 32.8 Å². The third-order valence-electron chi connectivity index (χ3n) is 2.75. The number of nitrogens with zero attached hydrogens (tertiary/aromatic N) is 3. The van der Waals surface area contributed by atoms with E-state index in [0.29, 0.717) is 0 Å². The summed E-state index contributed by atoms with van der Waals surface area (Å²) in [5.74, 6) is -1.74. The van der Waals surface area contributed by atoms with E-state index in [0.717, 1.165) is 5.56 Å². The highest BCUT2D eigenvalue weighted by molar-refractivity contribution is 5.90. The topological polar surface area (TPSA) is 130 Å². The number of hydrogen-bond acceptors (Lipinski definition) is 5. The lowest BCUT2D eigenvalue weighted by molar-refractivity contribution is -0.146. The summed E-state index contributed by atoms with van der Waals surface area (Å²) in [6.45, 7) is 4.95. The number of amides is 2. The first-order valence-electron chi connectivity index (χ1n) is 7.49. The molecular weight excluding hydrogens is 328 g/mol. The number of esters is 1. The average molecular weight is 348 g/mol. The van der Waals surface area contributed by atoms with Gasteiger partial charge in [-0.3, -0.25) is 9.59 Å². The van der Waals surface area contributed by atoms with Crippen LogP contribution in [0, 0.1) is 0 Å². The number of azide groups is 1. The molecule has 0 heterocycles. The van der Waals surface area contributed by atoms with Gasteiger partial charge in [0.05, 0.1) is 6.42 Å². The van der Waals surface area contributed by atoms with Crippen molar-refractivity contribution >= 4 is 18.0 Å². The molecule has 1 atom stereocenters. The Hall–Kier alpha value is -3.06. The predicted octanol–water partition coefficient (Wildman–Crippen LogP) is 2.85. The SMILES string of the molecule is CC(C)(C)OC(=O)N[C@@H](CC(=O)OCc1ccccc1)C(=O)N=[N+]=[N-]. The molecule has 0 aromatic heterocycles. The van der Waals surface area contributed by atoms with Crippen LogP contribution < -0.4 is 5.32 Å². The maximum absolute atomic E-state index is 11.9. The maximum atomic E-state index is 11.9. The Kier molecular flexibility index (Phi) is 7.43. The van der Waals surface area contributed by atoms with Crippen LogP contribution in [-0.4, -0.2) is 29.6 Å². The second-order valence-corrected chi connectivity index (χ2v) is 6.08. The number of nitrogens with one attached hydrogen (secondary N) is 1. The molecule has 0 spiro atoms. The number of carbonyl (C=O) groups is 3. The summed E-state index contributed by atoms with van der Waals surface area (Å²) in [5, 5.41) is 5.12. The van der Waals surface area contributed by atoms with Gasteiger partial charge in [0.1, 0.15) is 18.2 Å². The Morgan fingerprint density at radius 1 is 1.24 bits per heavy atom. The van der Waals surface area contributed by atoms with Crippen molar-refractivity contribution in [2.45, 2.75) is 45.4 Å². The first kappa shape index (κ1) is 20.0. The molecule has 1 aromatic carbocycles. The van der Waals surface area contributed by atoms with E-state index in [1.807, 2.05) is 6.07 Å². The fourth-order valence-corrected chi connectivity index (χ4v) is 1.73.